The van der Waals surface area contributed by atoms with Crippen molar-refractivity contribution in [1.82, 2.24) is 9.97 Å². The first-order valence-electron chi connectivity index (χ1n) is 9.93. The molecule has 1 heterocycles. The van der Waals surface area contributed by atoms with Gasteiger partial charge in [-0.15, -0.1) is 0 Å². The largest absolute Gasteiger partial charge is 0.480 e. The van der Waals surface area contributed by atoms with Crippen LogP contribution in [-0.4, -0.2) is 49.2 Å². The molecule has 3 rings (SSSR count). The van der Waals surface area contributed by atoms with Crippen LogP contribution in [0.3, 0.4) is 0 Å². The number of amides is 1. The average molecular weight is 466 g/mol. The van der Waals surface area contributed by atoms with Gasteiger partial charge >= 0.3 is 0 Å². The zero-order valence-corrected chi connectivity index (χ0v) is 19.3. The Bertz CT molecular complexity index is 1070. The van der Waals surface area contributed by atoms with Crippen molar-refractivity contribution in [3.05, 3.63) is 47.7 Å². The molecule has 11 heteroatoms. The molecule has 174 valence electrons. The number of aliphatic imine (C=N–C) groups is 1. The predicted octanol–water partition coefficient (Wildman–Crippen LogP) is 2.76. The van der Waals surface area contributed by atoms with Gasteiger partial charge in [-0.05, 0) is 31.0 Å². The van der Waals surface area contributed by atoms with Crippen molar-refractivity contribution in [2.45, 2.75) is 32.7 Å². The van der Waals surface area contributed by atoms with E-state index in [-0.39, 0.29) is 28.7 Å². The third kappa shape index (κ3) is 8.58. The van der Waals surface area contributed by atoms with E-state index in [1.54, 1.807) is 0 Å². The van der Waals surface area contributed by atoms with Crippen LogP contribution < -0.4 is 15.8 Å². The Labute approximate surface area is 187 Å². The monoisotopic (exact) mass is 465 g/mol. The lowest BCUT2D eigenvalue weighted by Crippen LogP contribution is -2.18. The summed E-state index contributed by atoms with van der Waals surface area (Å²) >= 11 is 0. The smallest absolute Gasteiger partial charge is 0.275 e. The molecule has 0 spiro atoms. The molecule has 32 heavy (non-hydrogen) atoms. The van der Waals surface area contributed by atoms with E-state index in [1.807, 2.05) is 0 Å². The summed E-state index contributed by atoms with van der Waals surface area (Å²) in [7, 11) is -2.05. The molecule has 2 aromatic rings. The quantitative estimate of drug-likeness (QED) is 0.474. The number of carbonyl (C=O) groups excluding carboxylic acids is 1. The maximum absolute atomic E-state index is 14.3. The highest BCUT2D eigenvalue weighted by atomic mass is 32.2. The molecule has 1 amide bonds. The highest BCUT2D eigenvalue weighted by molar-refractivity contribution is 7.90. The molecule has 9 nitrogen and oxygen atoms in total. The highest BCUT2D eigenvalue weighted by Crippen LogP contribution is 2.27. The van der Waals surface area contributed by atoms with Crippen molar-refractivity contribution >= 4 is 27.3 Å². The molecule has 1 fully saturated rings. The number of aromatic nitrogens is 2. The number of rotatable bonds is 7. The maximum Gasteiger partial charge on any atom is 0.275 e. The van der Waals surface area contributed by atoms with Crippen molar-refractivity contribution < 1.29 is 22.3 Å². The Morgan fingerprint density at radius 2 is 2.00 bits per heavy atom. The van der Waals surface area contributed by atoms with E-state index >= 15 is 0 Å². The Balaban J connectivity index is 0.000000813. The van der Waals surface area contributed by atoms with E-state index in [2.05, 4.69) is 27.2 Å². The number of carbonyl (C=O) groups is 1. The molecule has 1 aliphatic carbocycles. The predicted molar refractivity (Wildman–Crippen MR) is 121 cm³/mol. The topological polar surface area (TPSA) is 137 Å². The first kappa shape index (κ1) is 25.2. The van der Waals surface area contributed by atoms with Gasteiger partial charge in [0.25, 0.3) is 5.91 Å². The first-order chi connectivity index (χ1) is 15.0. The Morgan fingerprint density at radius 1 is 1.34 bits per heavy atom. The molecular formula is C21H28FN5O4S. The molecule has 1 unspecified atom stereocenters. The molecule has 1 aromatic carbocycles. The minimum atomic E-state index is -3.47. The second kappa shape index (κ2) is 11.0. The first-order valence-corrected chi connectivity index (χ1v) is 12.0. The normalized spacial score (nSPS) is 14.7. The Morgan fingerprint density at radius 3 is 2.47 bits per heavy atom. The average Bonchev–Trinajstić information content (AvgIpc) is 3.50. The lowest BCUT2D eigenvalue weighted by atomic mass is 10.1. The number of hydrogen-bond acceptors (Lipinski definition) is 7. The number of methoxy groups -OCH3 is 1. The van der Waals surface area contributed by atoms with Crippen LogP contribution in [0.15, 0.2) is 35.6 Å². The van der Waals surface area contributed by atoms with Crippen LogP contribution in [0.2, 0.25) is 0 Å². The highest BCUT2D eigenvalue weighted by Gasteiger charge is 2.21. The summed E-state index contributed by atoms with van der Waals surface area (Å²) in [5, 5.41) is 2.56. The lowest BCUT2D eigenvalue weighted by Gasteiger charge is -2.15. The number of ether oxygens (including phenoxy) is 1. The van der Waals surface area contributed by atoms with Gasteiger partial charge in [-0.2, -0.15) is 0 Å². The molecule has 0 aliphatic heterocycles. The van der Waals surface area contributed by atoms with E-state index in [0.29, 0.717) is 0 Å². The van der Waals surface area contributed by atoms with E-state index in [0.717, 1.165) is 18.2 Å². The maximum atomic E-state index is 14.3. The summed E-state index contributed by atoms with van der Waals surface area (Å²) < 4.78 is 42.6. The van der Waals surface area contributed by atoms with Crippen LogP contribution in [0.5, 0.6) is 5.88 Å². The van der Waals surface area contributed by atoms with Crippen molar-refractivity contribution in [3.8, 4) is 5.88 Å². The SMILES string of the molecule is CC1CC1.COc1cnc(C(=O)Nc2ccc(F)c(C(CS(C)(=O)=O)N=C(C)N)c2)cn1. The Kier molecular flexibility index (Phi) is 8.64. The van der Waals surface area contributed by atoms with Crippen molar-refractivity contribution in [2.24, 2.45) is 16.6 Å². The number of anilines is 1. The number of nitrogens with one attached hydrogen (secondary N) is 1. The van der Waals surface area contributed by atoms with E-state index in [4.69, 9.17) is 10.5 Å². The molecule has 0 radical (unpaired) electrons. The van der Waals surface area contributed by atoms with Crippen LogP contribution in [0.4, 0.5) is 10.1 Å². The van der Waals surface area contributed by atoms with Crippen molar-refractivity contribution in [1.29, 1.82) is 0 Å². The van der Waals surface area contributed by atoms with Gasteiger partial charge in [-0.3, -0.25) is 9.79 Å². The van der Waals surface area contributed by atoms with Gasteiger partial charge in [0.05, 0.1) is 37.1 Å². The van der Waals surface area contributed by atoms with Crippen LogP contribution in [0, 0.1) is 11.7 Å². The molecule has 1 saturated carbocycles. The van der Waals surface area contributed by atoms with Gasteiger partial charge in [0.15, 0.2) is 0 Å². The summed E-state index contributed by atoms with van der Waals surface area (Å²) in [6.07, 6.45) is 6.51. The van der Waals surface area contributed by atoms with Crippen LogP contribution in [0.1, 0.15) is 48.8 Å². The van der Waals surface area contributed by atoms with E-state index in [9.17, 15) is 17.6 Å². The number of amidine groups is 1. The standard InChI is InChI=1S/C17H20FN5O4S.C4H8/c1-10(19)22-15(9-28(3,25)26)12-6-11(4-5-13(12)18)23-17(24)14-7-21-16(27-2)8-20-14;1-4-2-3-4/h4-8,15H,9H2,1-3H3,(H2,19,22)(H,23,24);4H,2-3H2,1H3. The summed E-state index contributed by atoms with van der Waals surface area (Å²) in [6.45, 7) is 3.75. The number of nitrogens with zero attached hydrogens (tertiary/aromatic N) is 3. The second-order valence-corrected chi connectivity index (χ2v) is 9.88. The van der Waals surface area contributed by atoms with Crippen LogP contribution in [0.25, 0.3) is 0 Å². The summed E-state index contributed by atoms with van der Waals surface area (Å²) in [6, 6.07) is 2.72. The summed E-state index contributed by atoms with van der Waals surface area (Å²) in [4.78, 5) is 24.1. The Hall–Kier alpha value is -3.08. The summed E-state index contributed by atoms with van der Waals surface area (Å²) in [5.74, 6) is -0.234. The molecule has 0 bridgehead atoms. The fourth-order valence-corrected chi connectivity index (χ4v) is 3.33. The van der Waals surface area contributed by atoms with E-state index < -0.39 is 33.4 Å². The minimum Gasteiger partial charge on any atom is -0.480 e. The van der Waals surface area contributed by atoms with Crippen molar-refractivity contribution in [2.75, 3.05) is 24.4 Å². The van der Waals surface area contributed by atoms with Gasteiger partial charge in [0.2, 0.25) is 5.88 Å². The fourth-order valence-electron chi connectivity index (χ4n) is 2.51. The number of halogens is 1. The number of sulfone groups is 1. The fraction of sp³-hybridized carbons (Fsp3) is 0.429. The number of benzene rings is 1. The third-order valence-corrected chi connectivity index (χ3v) is 5.29. The van der Waals surface area contributed by atoms with E-state index in [1.165, 1.54) is 51.4 Å². The molecule has 3 N–H and O–H groups in total. The lowest BCUT2D eigenvalue weighted by molar-refractivity contribution is 0.102. The van der Waals surface area contributed by atoms with Gasteiger partial charge in [0.1, 0.15) is 21.3 Å². The summed E-state index contributed by atoms with van der Waals surface area (Å²) in [5.41, 5.74) is 5.81. The van der Waals surface area contributed by atoms with Gasteiger partial charge < -0.3 is 15.8 Å². The van der Waals surface area contributed by atoms with Crippen LogP contribution >= 0.6 is 0 Å². The zero-order chi connectivity index (χ0) is 23.9. The minimum absolute atomic E-state index is 0.00570. The van der Waals surface area contributed by atoms with Gasteiger partial charge in [-0.25, -0.2) is 22.8 Å². The molecule has 1 atom stereocenters. The molecule has 1 aromatic heterocycles. The molecule has 0 saturated heterocycles. The number of nitrogens with two attached hydrogens (primary N) is 1. The van der Waals surface area contributed by atoms with Crippen molar-refractivity contribution in [3.63, 3.8) is 0 Å². The van der Waals surface area contributed by atoms with Gasteiger partial charge in [-0.1, -0.05) is 19.8 Å². The van der Waals surface area contributed by atoms with Crippen LogP contribution in [-0.2, 0) is 9.84 Å². The molecule has 1 aliphatic rings. The molecular weight excluding hydrogens is 437 g/mol. The number of hydrogen-bond donors (Lipinski definition) is 2. The van der Waals surface area contributed by atoms with Gasteiger partial charge in [0, 0.05) is 17.5 Å². The third-order valence-electron chi connectivity index (χ3n) is 4.37. The second-order valence-electron chi connectivity index (χ2n) is 7.70. The zero-order valence-electron chi connectivity index (χ0n) is 18.5.